The predicted octanol–water partition coefficient (Wildman–Crippen LogP) is -2.74. The summed E-state index contributed by atoms with van der Waals surface area (Å²) in [6, 6.07) is 0. The highest BCUT2D eigenvalue weighted by Crippen LogP contribution is 2.04. The lowest BCUT2D eigenvalue weighted by atomic mass is 10.0. The van der Waals surface area contributed by atoms with Crippen molar-refractivity contribution in [3.8, 4) is 0 Å². The molecular weight excluding hydrogens is 210 g/mol. The number of carbonyl (C=O) groups is 1. The number of azide groups is 1. The van der Waals surface area contributed by atoms with Gasteiger partial charge in [-0.1, -0.05) is 5.11 Å². The van der Waals surface area contributed by atoms with Crippen molar-refractivity contribution in [1.29, 1.82) is 0 Å². The molecule has 0 aromatic carbocycles. The van der Waals surface area contributed by atoms with E-state index in [0.29, 0.717) is 0 Å². The molecule has 0 heterocycles. The second kappa shape index (κ2) is 6.30. The van der Waals surface area contributed by atoms with Gasteiger partial charge in [-0.05, 0) is 5.53 Å². The largest absolute Gasteiger partial charge is 0.394 e. The van der Waals surface area contributed by atoms with Crippen molar-refractivity contribution in [2.24, 2.45) is 5.11 Å². The number of hydrogen-bond donors (Lipinski definition) is 5. The van der Waals surface area contributed by atoms with Crippen LogP contribution in [0, 0.1) is 0 Å². The zero-order valence-corrected chi connectivity index (χ0v) is 7.50. The quantitative estimate of drug-likeness (QED) is 0.185. The van der Waals surface area contributed by atoms with E-state index in [1.807, 2.05) is 0 Å². The molecule has 0 spiro atoms. The van der Waals surface area contributed by atoms with E-state index >= 15 is 0 Å². The van der Waals surface area contributed by atoms with Gasteiger partial charge in [0.2, 0.25) is 0 Å². The van der Waals surface area contributed by atoms with Gasteiger partial charge in [-0.25, -0.2) is 0 Å². The van der Waals surface area contributed by atoms with Crippen molar-refractivity contribution in [2.45, 2.75) is 24.5 Å². The summed E-state index contributed by atoms with van der Waals surface area (Å²) < 4.78 is 0. The molecular formula is C6H11N3O6. The monoisotopic (exact) mass is 221 g/mol. The number of hydrogen-bond acceptors (Lipinski definition) is 7. The lowest BCUT2D eigenvalue weighted by Crippen LogP contribution is -2.46. The van der Waals surface area contributed by atoms with Crippen molar-refractivity contribution in [2.75, 3.05) is 6.61 Å². The first-order chi connectivity index (χ1) is 6.95. The Morgan fingerprint density at radius 3 is 2.27 bits per heavy atom. The highest BCUT2D eigenvalue weighted by atomic mass is 16.4. The summed E-state index contributed by atoms with van der Waals surface area (Å²) in [5.74, 6) is -1.37. The van der Waals surface area contributed by atoms with Crippen molar-refractivity contribution in [1.82, 2.24) is 0 Å². The van der Waals surface area contributed by atoms with Crippen LogP contribution in [0.1, 0.15) is 0 Å². The predicted molar refractivity (Wildman–Crippen MR) is 45.3 cm³/mol. The fraction of sp³-hybridized carbons (Fsp3) is 0.833. The van der Waals surface area contributed by atoms with Gasteiger partial charge in [-0.2, -0.15) is 0 Å². The molecule has 1 unspecified atom stereocenters. The summed E-state index contributed by atoms with van der Waals surface area (Å²) >= 11 is 0. The fourth-order valence-corrected chi connectivity index (χ4v) is 0.745. The van der Waals surface area contributed by atoms with E-state index in [-0.39, 0.29) is 0 Å². The normalized spacial score (nSPS) is 18.5. The molecule has 0 aliphatic heterocycles. The minimum Gasteiger partial charge on any atom is -0.394 e. The minimum atomic E-state index is -2.15. The smallest absolute Gasteiger partial charge is 0.198 e. The maximum atomic E-state index is 11.0. The molecule has 9 heteroatoms. The van der Waals surface area contributed by atoms with Crippen molar-refractivity contribution in [3.63, 3.8) is 0 Å². The van der Waals surface area contributed by atoms with Crippen LogP contribution in [-0.4, -0.2) is 62.5 Å². The maximum Gasteiger partial charge on any atom is 0.198 e. The van der Waals surface area contributed by atoms with E-state index in [1.165, 1.54) is 0 Å². The molecule has 86 valence electrons. The Kier molecular flexibility index (Phi) is 5.79. The van der Waals surface area contributed by atoms with E-state index in [9.17, 15) is 4.79 Å². The second-order valence-electron chi connectivity index (χ2n) is 2.67. The Hall–Kier alpha value is -1.22. The molecule has 4 atom stereocenters. The maximum absolute atomic E-state index is 11.0. The van der Waals surface area contributed by atoms with Gasteiger partial charge in [-0.3, -0.25) is 4.79 Å². The van der Waals surface area contributed by atoms with Crippen LogP contribution >= 0.6 is 0 Å². The summed E-state index contributed by atoms with van der Waals surface area (Å²) in [5, 5.41) is 46.8. The molecule has 15 heavy (non-hydrogen) atoms. The SMILES string of the molecule is [N-]=[N+]=NC(O)C(=O)[C@@H](O)[C@H](O)[C@@H](O)CO. The molecule has 9 nitrogen and oxygen atoms in total. The topological polar surface area (TPSA) is 167 Å². The Bertz CT molecular complexity index is 266. The summed E-state index contributed by atoms with van der Waals surface area (Å²) in [7, 11) is 0. The molecule has 0 radical (unpaired) electrons. The molecule has 0 aromatic rings. The fourth-order valence-electron chi connectivity index (χ4n) is 0.745. The van der Waals surface area contributed by atoms with Crippen LogP contribution in [0.2, 0.25) is 0 Å². The number of aliphatic hydroxyl groups excluding tert-OH is 5. The van der Waals surface area contributed by atoms with E-state index in [0.717, 1.165) is 0 Å². The molecule has 5 N–H and O–H groups in total. The van der Waals surface area contributed by atoms with Gasteiger partial charge in [0.05, 0.1) is 6.61 Å². The van der Waals surface area contributed by atoms with Crippen LogP contribution in [-0.2, 0) is 4.79 Å². The van der Waals surface area contributed by atoms with Gasteiger partial charge in [0, 0.05) is 4.91 Å². The van der Waals surface area contributed by atoms with Crippen LogP contribution in [0.15, 0.2) is 5.11 Å². The first-order valence-electron chi connectivity index (χ1n) is 3.86. The zero-order chi connectivity index (χ0) is 12.0. The third kappa shape index (κ3) is 3.80. The highest BCUT2D eigenvalue weighted by molar-refractivity contribution is 5.87. The number of carbonyl (C=O) groups excluding carboxylic acids is 1. The summed E-state index contributed by atoms with van der Waals surface area (Å²) in [5.41, 5.74) is 7.87. The van der Waals surface area contributed by atoms with E-state index < -0.39 is 36.9 Å². The molecule has 0 fully saturated rings. The molecule has 0 saturated carbocycles. The van der Waals surface area contributed by atoms with Crippen LogP contribution < -0.4 is 0 Å². The van der Waals surface area contributed by atoms with Gasteiger partial charge in [-0.15, -0.1) is 0 Å². The second-order valence-corrected chi connectivity index (χ2v) is 2.67. The lowest BCUT2D eigenvalue weighted by Gasteiger charge is -2.20. The highest BCUT2D eigenvalue weighted by Gasteiger charge is 2.32. The van der Waals surface area contributed by atoms with E-state index in [2.05, 4.69) is 10.0 Å². The lowest BCUT2D eigenvalue weighted by molar-refractivity contribution is -0.148. The van der Waals surface area contributed by atoms with Gasteiger partial charge >= 0.3 is 0 Å². The molecule has 0 rings (SSSR count). The standard InChI is InChI=1S/C6H11N3O6/c7-9-8-6(15)5(14)4(13)3(12)2(11)1-10/h2-4,6,10-13,15H,1H2/t2-,3+,4-,6?/m0/s1. The molecule has 0 bridgehead atoms. The zero-order valence-electron chi connectivity index (χ0n) is 7.50. The molecule has 0 aromatic heterocycles. The van der Waals surface area contributed by atoms with Crippen molar-refractivity contribution in [3.05, 3.63) is 10.4 Å². The number of Topliss-reactive ketones (excluding diaryl/α,β-unsaturated/α-hetero) is 1. The Balaban J connectivity index is 4.49. The number of aliphatic hydroxyl groups is 5. The van der Waals surface area contributed by atoms with E-state index in [1.54, 1.807) is 0 Å². The molecule has 0 aliphatic rings. The Labute approximate surface area is 83.8 Å². The molecule has 0 amide bonds. The summed E-state index contributed by atoms with van der Waals surface area (Å²) in [6.07, 6.45) is -7.99. The van der Waals surface area contributed by atoms with Crippen molar-refractivity contribution < 1.29 is 30.3 Å². The van der Waals surface area contributed by atoms with Crippen LogP contribution in [0.4, 0.5) is 0 Å². The molecule has 0 aliphatic carbocycles. The van der Waals surface area contributed by atoms with Gasteiger partial charge < -0.3 is 25.5 Å². The Morgan fingerprint density at radius 2 is 1.87 bits per heavy atom. The third-order valence-corrected chi connectivity index (χ3v) is 1.61. The van der Waals surface area contributed by atoms with Crippen LogP contribution in [0.5, 0.6) is 0 Å². The first kappa shape index (κ1) is 13.8. The summed E-state index contributed by atoms with van der Waals surface area (Å²) in [4.78, 5) is 13.1. The number of rotatable bonds is 6. The van der Waals surface area contributed by atoms with Crippen LogP contribution in [0.3, 0.4) is 0 Å². The summed E-state index contributed by atoms with van der Waals surface area (Å²) in [6.45, 7) is -0.872. The number of ketones is 1. The van der Waals surface area contributed by atoms with Crippen molar-refractivity contribution >= 4 is 5.78 Å². The Morgan fingerprint density at radius 1 is 1.33 bits per heavy atom. The molecule has 0 saturated heterocycles. The van der Waals surface area contributed by atoms with Gasteiger partial charge in [0.25, 0.3) is 0 Å². The average Bonchev–Trinajstić information content (AvgIpc) is 2.25. The van der Waals surface area contributed by atoms with Gasteiger partial charge in [0.1, 0.15) is 18.3 Å². The van der Waals surface area contributed by atoms with E-state index in [4.69, 9.17) is 31.1 Å². The average molecular weight is 221 g/mol. The minimum absolute atomic E-state index is 0.872. The first-order valence-corrected chi connectivity index (χ1v) is 3.86. The third-order valence-electron chi connectivity index (χ3n) is 1.61. The van der Waals surface area contributed by atoms with Gasteiger partial charge in [0.15, 0.2) is 12.0 Å². The van der Waals surface area contributed by atoms with Crippen LogP contribution in [0.25, 0.3) is 10.4 Å². The number of nitrogens with zero attached hydrogens (tertiary/aromatic N) is 3.